The Morgan fingerprint density at radius 1 is 1.59 bits per heavy atom. The molecule has 5 nitrogen and oxygen atoms in total. The van der Waals surface area contributed by atoms with Gasteiger partial charge in [0, 0.05) is 18.3 Å². The molecular formula is C11H22N4OS. The third-order valence-corrected chi connectivity index (χ3v) is 3.29. The summed E-state index contributed by atoms with van der Waals surface area (Å²) in [5.74, 6) is 1.62. The zero-order valence-corrected chi connectivity index (χ0v) is 11.8. The van der Waals surface area contributed by atoms with Gasteiger partial charge in [-0.3, -0.25) is 0 Å². The summed E-state index contributed by atoms with van der Waals surface area (Å²) in [4.78, 5) is 4.21. The minimum absolute atomic E-state index is 0.306. The highest BCUT2D eigenvalue weighted by atomic mass is 32.2. The van der Waals surface area contributed by atoms with Gasteiger partial charge in [-0.15, -0.1) is 0 Å². The van der Waals surface area contributed by atoms with Gasteiger partial charge in [-0.1, -0.05) is 0 Å². The zero-order chi connectivity index (χ0) is 12.9. The van der Waals surface area contributed by atoms with Crippen molar-refractivity contribution >= 4 is 11.8 Å². The predicted molar refractivity (Wildman–Crippen MR) is 71.1 cm³/mol. The molecule has 1 aromatic heterocycles. The molecule has 0 fully saturated rings. The van der Waals surface area contributed by atoms with Gasteiger partial charge in [-0.25, -0.2) is 9.67 Å². The molecular weight excluding hydrogens is 236 g/mol. The summed E-state index contributed by atoms with van der Waals surface area (Å²) in [6.45, 7) is 7.16. The number of thioether (sulfide) groups is 1. The van der Waals surface area contributed by atoms with E-state index in [0.717, 1.165) is 11.6 Å². The fourth-order valence-corrected chi connectivity index (χ4v) is 2.36. The first kappa shape index (κ1) is 14.5. The van der Waals surface area contributed by atoms with Crippen molar-refractivity contribution in [2.24, 2.45) is 0 Å². The van der Waals surface area contributed by atoms with Gasteiger partial charge in [0.1, 0.15) is 12.2 Å². The second kappa shape index (κ2) is 6.37. The van der Waals surface area contributed by atoms with Gasteiger partial charge in [0.2, 0.25) is 0 Å². The molecule has 0 bridgehead atoms. The molecule has 1 aromatic rings. The van der Waals surface area contributed by atoms with Crippen molar-refractivity contribution in [1.82, 2.24) is 20.1 Å². The molecule has 2 N–H and O–H groups in total. The average molecular weight is 258 g/mol. The van der Waals surface area contributed by atoms with Crippen LogP contribution >= 0.6 is 11.8 Å². The topological polar surface area (TPSA) is 63.0 Å². The Labute approximate surface area is 107 Å². The Balaban J connectivity index is 2.43. The highest BCUT2D eigenvalue weighted by Crippen LogP contribution is 2.10. The van der Waals surface area contributed by atoms with Crippen LogP contribution in [0, 0.1) is 0 Å². The zero-order valence-electron chi connectivity index (χ0n) is 11.0. The van der Waals surface area contributed by atoms with Crippen molar-refractivity contribution < 1.29 is 5.11 Å². The van der Waals surface area contributed by atoms with Crippen LogP contribution in [-0.4, -0.2) is 44.0 Å². The fourth-order valence-electron chi connectivity index (χ4n) is 1.64. The van der Waals surface area contributed by atoms with E-state index >= 15 is 0 Å². The summed E-state index contributed by atoms with van der Waals surface area (Å²) >= 11 is 1.64. The molecule has 6 heteroatoms. The van der Waals surface area contributed by atoms with Crippen LogP contribution < -0.4 is 5.32 Å². The van der Waals surface area contributed by atoms with Gasteiger partial charge in [0.25, 0.3) is 0 Å². The maximum Gasteiger partial charge on any atom is 0.141 e. The highest BCUT2D eigenvalue weighted by Gasteiger charge is 2.19. The first-order chi connectivity index (χ1) is 7.96. The summed E-state index contributed by atoms with van der Waals surface area (Å²) in [6.07, 6.45) is 3.56. The maximum absolute atomic E-state index is 10.00. The van der Waals surface area contributed by atoms with Gasteiger partial charge < -0.3 is 10.4 Å². The van der Waals surface area contributed by atoms with Crippen LogP contribution in [0.1, 0.15) is 32.6 Å². The number of aliphatic hydroxyl groups is 1. The van der Waals surface area contributed by atoms with Crippen molar-refractivity contribution in [2.45, 2.75) is 39.0 Å². The van der Waals surface area contributed by atoms with Crippen LogP contribution in [0.25, 0.3) is 0 Å². The van der Waals surface area contributed by atoms with Crippen LogP contribution in [-0.2, 0) is 6.54 Å². The van der Waals surface area contributed by atoms with Crippen LogP contribution in [0.5, 0.6) is 0 Å². The number of hydrogen-bond acceptors (Lipinski definition) is 5. The smallest absolute Gasteiger partial charge is 0.141 e. The molecule has 98 valence electrons. The highest BCUT2D eigenvalue weighted by molar-refractivity contribution is 7.98. The summed E-state index contributed by atoms with van der Waals surface area (Å²) in [5.41, 5.74) is -0.678. The Hall–Kier alpha value is -0.590. The second-order valence-corrected chi connectivity index (χ2v) is 5.61. The molecule has 0 aliphatic heterocycles. The first-order valence-electron chi connectivity index (χ1n) is 5.76. The van der Waals surface area contributed by atoms with Crippen LogP contribution in [0.4, 0.5) is 0 Å². The maximum atomic E-state index is 10.00. The molecule has 1 rings (SSSR count). The van der Waals surface area contributed by atoms with Crippen LogP contribution in [0.2, 0.25) is 0 Å². The molecule has 0 aromatic carbocycles. The standard InChI is InChI=1S/C11H22N4OS/c1-9(2)15-10(13-8-14-15)5-12-6-11(3,16)7-17-4/h8-9,12,16H,5-7H2,1-4H3. The van der Waals surface area contributed by atoms with Crippen LogP contribution in [0.15, 0.2) is 6.33 Å². The van der Waals surface area contributed by atoms with E-state index in [1.165, 1.54) is 0 Å². The molecule has 0 aliphatic rings. The second-order valence-electron chi connectivity index (χ2n) is 4.75. The van der Waals surface area contributed by atoms with Gasteiger partial charge in [-0.2, -0.15) is 16.9 Å². The number of nitrogens with one attached hydrogen (secondary N) is 1. The lowest BCUT2D eigenvalue weighted by atomic mass is 10.1. The number of aromatic nitrogens is 3. The molecule has 0 aliphatic carbocycles. The van der Waals surface area contributed by atoms with Gasteiger partial charge in [-0.05, 0) is 27.0 Å². The van der Waals surface area contributed by atoms with E-state index in [2.05, 4.69) is 29.2 Å². The molecule has 1 unspecified atom stereocenters. The summed E-state index contributed by atoms with van der Waals surface area (Å²) < 4.78 is 1.89. The van der Waals surface area contributed by atoms with E-state index in [9.17, 15) is 5.11 Å². The van der Waals surface area contributed by atoms with Crippen molar-refractivity contribution in [1.29, 1.82) is 0 Å². The van der Waals surface area contributed by atoms with E-state index in [4.69, 9.17) is 0 Å². The molecule has 0 saturated carbocycles. The lowest BCUT2D eigenvalue weighted by Gasteiger charge is -2.22. The van der Waals surface area contributed by atoms with Crippen molar-refractivity contribution in [3.8, 4) is 0 Å². The molecule has 0 spiro atoms. The fraction of sp³-hybridized carbons (Fsp3) is 0.818. The largest absolute Gasteiger partial charge is 0.388 e. The SMILES string of the molecule is CSCC(C)(O)CNCc1ncnn1C(C)C. The molecule has 0 radical (unpaired) electrons. The predicted octanol–water partition coefficient (Wildman–Crippen LogP) is 1.06. The minimum atomic E-state index is -0.678. The molecule has 0 saturated heterocycles. The summed E-state index contributed by atoms with van der Waals surface area (Å²) in [6, 6.07) is 0.306. The first-order valence-corrected chi connectivity index (χ1v) is 7.16. The van der Waals surface area contributed by atoms with Crippen molar-refractivity contribution in [3.63, 3.8) is 0 Å². The number of hydrogen-bond donors (Lipinski definition) is 2. The van der Waals surface area contributed by atoms with Crippen molar-refractivity contribution in [2.75, 3.05) is 18.6 Å². The Morgan fingerprint density at radius 2 is 2.29 bits per heavy atom. The van der Waals surface area contributed by atoms with E-state index in [0.29, 0.717) is 19.1 Å². The summed E-state index contributed by atoms with van der Waals surface area (Å²) in [7, 11) is 0. The van der Waals surface area contributed by atoms with E-state index in [1.807, 2.05) is 17.9 Å². The van der Waals surface area contributed by atoms with E-state index in [-0.39, 0.29) is 0 Å². The quantitative estimate of drug-likeness (QED) is 0.766. The lowest BCUT2D eigenvalue weighted by molar-refractivity contribution is 0.0842. The summed E-state index contributed by atoms with van der Waals surface area (Å²) in [5, 5.41) is 17.4. The van der Waals surface area contributed by atoms with Gasteiger partial charge in [0.05, 0.1) is 12.1 Å². The van der Waals surface area contributed by atoms with Crippen LogP contribution in [0.3, 0.4) is 0 Å². The third kappa shape index (κ3) is 4.65. The Bertz CT molecular complexity index is 338. The third-order valence-electron chi connectivity index (χ3n) is 2.38. The molecule has 1 atom stereocenters. The monoisotopic (exact) mass is 258 g/mol. The van der Waals surface area contributed by atoms with Crippen molar-refractivity contribution in [3.05, 3.63) is 12.2 Å². The van der Waals surface area contributed by atoms with E-state index in [1.54, 1.807) is 18.1 Å². The minimum Gasteiger partial charge on any atom is -0.388 e. The Morgan fingerprint density at radius 3 is 2.88 bits per heavy atom. The normalized spacial score (nSPS) is 15.2. The lowest BCUT2D eigenvalue weighted by Crippen LogP contribution is -2.40. The number of nitrogens with zero attached hydrogens (tertiary/aromatic N) is 3. The van der Waals surface area contributed by atoms with Gasteiger partial charge in [0.15, 0.2) is 0 Å². The molecule has 17 heavy (non-hydrogen) atoms. The van der Waals surface area contributed by atoms with Gasteiger partial charge >= 0.3 is 0 Å². The molecule has 1 heterocycles. The molecule has 0 amide bonds. The average Bonchev–Trinajstić information content (AvgIpc) is 2.65. The Kier molecular flexibility index (Phi) is 5.42. The number of rotatable bonds is 7. The van der Waals surface area contributed by atoms with E-state index < -0.39 is 5.60 Å².